The van der Waals surface area contributed by atoms with Gasteiger partial charge >= 0.3 is 6.03 Å². The van der Waals surface area contributed by atoms with E-state index in [9.17, 15) is 9.59 Å². The molecule has 0 bridgehead atoms. The van der Waals surface area contributed by atoms with Gasteiger partial charge in [0.15, 0.2) is 0 Å². The zero-order valence-corrected chi connectivity index (χ0v) is 13.6. The quantitative estimate of drug-likeness (QED) is 0.930. The van der Waals surface area contributed by atoms with Gasteiger partial charge in [-0.05, 0) is 54.5 Å². The van der Waals surface area contributed by atoms with Crippen molar-refractivity contribution in [2.45, 2.75) is 38.1 Å². The lowest BCUT2D eigenvalue weighted by atomic mass is 10.1. The van der Waals surface area contributed by atoms with Crippen molar-refractivity contribution in [3.8, 4) is 0 Å². The van der Waals surface area contributed by atoms with Gasteiger partial charge in [-0.3, -0.25) is 4.79 Å². The van der Waals surface area contributed by atoms with Crippen molar-refractivity contribution in [3.63, 3.8) is 0 Å². The predicted molar refractivity (Wildman–Crippen MR) is 86.8 cm³/mol. The molecule has 22 heavy (non-hydrogen) atoms. The SMILES string of the molecule is O=C(CNC(=O)N1CCC[C@H]1c1ccsc1)N1CCCCC1. The van der Waals surface area contributed by atoms with Crippen LogP contribution in [0.2, 0.25) is 0 Å². The van der Waals surface area contributed by atoms with Crippen molar-refractivity contribution < 1.29 is 9.59 Å². The topological polar surface area (TPSA) is 52.7 Å². The van der Waals surface area contributed by atoms with Gasteiger partial charge in [0, 0.05) is 19.6 Å². The Labute approximate surface area is 135 Å². The average Bonchev–Trinajstić information content (AvgIpc) is 3.23. The molecule has 3 rings (SSSR count). The Kier molecular flexibility index (Phi) is 4.97. The number of carbonyl (C=O) groups is 2. The van der Waals surface area contributed by atoms with Gasteiger partial charge in [0.2, 0.25) is 5.91 Å². The predicted octanol–water partition coefficient (Wildman–Crippen LogP) is 2.61. The van der Waals surface area contributed by atoms with Crippen LogP contribution in [0.4, 0.5) is 4.79 Å². The number of nitrogens with zero attached hydrogens (tertiary/aromatic N) is 2. The van der Waals surface area contributed by atoms with Gasteiger partial charge < -0.3 is 15.1 Å². The maximum Gasteiger partial charge on any atom is 0.318 e. The molecule has 1 N–H and O–H groups in total. The van der Waals surface area contributed by atoms with E-state index in [4.69, 9.17) is 0 Å². The first-order valence-electron chi connectivity index (χ1n) is 8.10. The molecule has 3 heterocycles. The summed E-state index contributed by atoms with van der Waals surface area (Å²) in [5.41, 5.74) is 1.21. The number of thiophene rings is 1. The standard InChI is InChI=1S/C16H23N3O2S/c20-15(18-7-2-1-3-8-18)11-17-16(21)19-9-4-5-14(19)13-6-10-22-12-13/h6,10,12,14H,1-5,7-9,11H2,(H,17,21)/t14-/m0/s1. The summed E-state index contributed by atoms with van der Waals surface area (Å²) >= 11 is 1.66. The highest BCUT2D eigenvalue weighted by Crippen LogP contribution is 2.32. The maximum atomic E-state index is 12.4. The van der Waals surface area contributed by atoms with E-state index >= 15 is 0 Å². The minimum Gasteiger partial charge on any atom is -0.341 e. The van der Waals surface area contributed by atoms with Crippen LogP contribution in [0.3, 0.4) is 0 Å². The fourth-order valence-electron chi connectivity index (χ4n) is 3.33. The third-order valence-corrected chi connectivity index (χ3v) is 5.24. The van der Waals surface area contributed by atoms with Gasteiger partial charge in [0.25, 0.3) is 0 Å². The van der Waals surface area contributed by atoms with Gasteiger partial charge in [-0.1, -0.05) is 0 Å². The number of hydrogen-bond acceptors (Lipinski definition) is 3. The van der Waals surface area contributed by atoms with Crippen LogP contribution in [0.15, 0.2) is 16.8 Å². The minimum absolute atomic E-state index is 0.0410. The van der Waals surface area contributed by atoms with Crippen LogP contribution in [-0.2, 0) is 4.79 Å². The number of amides is 3. The molecule has 2 fully saturated rings. The lowest BCUT2D eigenvalue weighted by molar-refractivity contribution is -0.130. The number of piperidine rings is 1. The molecule has 1 aromatic rings. The summed E-state index contributed by atoms with van der Waals surface area (Å²) in [5, 5.41) is 6.96. The molecule has 0 radical (unpaired) electrons. The number of carbonyl (C=O) groups excluding carboxylic acids is 2. The second-order valence-corrected chi connectivity index (χ2v) is 6.79. The van der Waals surface area contributed by atoms with Crippen molar-refractivity contribution in [3.05, 3.63) is 22.4 Å². The van der Waals surface area contributed by atoms with Crippen molar-refractivity contribution >= 4 is 23.3 Å². The molecular formula is C16H23N3O2S. The highest BCUT2D eigenvalue weighted by atomic mass is 32.1. The van der Waals surface area contributed by atoms with Gasteiger partial charge in [0.1, 0.15) is 0 Å². The lowest BCUT2D eigenvalue weighted by Gasteiger charge is -2.28. The molecule has 2 aliphatic rings. The molecule has 0 aliphatic carbocycles. The first-order valence-corrected chi connectivity index (χ1v) is 9.04. The van der Waals surface area contributed by atoms with E-state index in [0.717, 1.165) is 45.3 Å². The van der Waals surface area contributed by atoms with Crippen LogP contribution in [0.1, 0.15) is 43.7 Å². The number of rotatable bonds is 3. The van der Waals surface area contributed by atoms with Crippen LogP contribution < -0.4 is 5.32 Å². The fourth-order valence-corrected chi connectivity index (χ4v) is 4.04. The number of nitrogens with one attached hydrogen (secondary N) is 1. The monoisotopic (exact) mass is 321 g/mol. The molecule has 1 aromatic heterocycles. The highest BCUT2D eigenvalue weighted by molar-refractivity contribution is 7.07. The van der Waals surface area contributed by atoms with Crippen molar-refractivity contribution in [2.24, 2.45) is 0 Å². The zero-order chi connectivity index (χ0) is 15.4. The van der Waals surface area contributed by atoms with Gasteiger partial charge in [-0.2, -0.15) is 11.3 Å². The molecule has 6 heteroatoms. The third-order valence-electron chi connectivity index (χ3n) is 4.54. The summed E-state index contributed by atoms with van der Waals surface area (Å²) in [6.45, 7) is 2.54. The Bertz CT molecular complexity index is 511. The lowest BCUT2D eigenvalue weighted by Crippen LogP contribution is -2.46. The van der Waals surface area contributed by atoms with E-state index in [1.165, 1.54) is 12.0 Å². The Hall–Kier alpha value is -1.56. The summed E-state index contributed by atoms with van der Waals surface area (Å²) in [5.74, 6) is 0.0410. The van der Waals surface area contributed by atoms with Crippen LogP contribution in [-0.4, -0.2) is 47.9 Å². The van der Waals surface area contributed by atoms with E-state index in [1.54, 1.807) is 11.3 Å². The van der Waals surface area contributed by atoms with Gasteiger partial charge in [0.05, 0.1) is 12.6 Å². The Morgan fingerprint density at radius 1 is 1.18 bits per heavy atom. The summed E-state index contributed by atoms with van der Waals surface area (Å²) in [6.07, 6.45) is 5.38. The van der Waals surface area contributed by atoms with E-state index in [0.29, 0.717) is 0 Å². The highest BCUT2D eigenvalue weighted by Gasteiger charge is 2.30. The number of hydrogen-bond donors (Lipinski definition) is 1. The molecule has 120 valence electrons. The van der Waals surface area contributed by atoms with Crippen molar-refractivity contribution in [2.75, 3.05) is 26.2 Å². The van der Waals surface area contributed by atoms with Gasteiger partial charge in [-0.25, -0.2) is 4.79 Å². The largest absolute Gasteiger partial charge is 0.341 e. The van der Waals surface area contributed by atoms with Crippen molar-refractivity contribution in [1.82, 2.24) is 15.1 Å². The Morgan fingerprint density at radius 3 is 2.73 bits per heavy atom. The first kappa shape index (κ1) is 15.3. The fraction of sp³-hybridized carbons (Fsp3) is 0.625. The molecule has 2 aliphatic heterocycles. The second-order valence-electron chi connectivity index (χ2n) is 6.01. The molecule has 3 amide bonds. The van der Waals surface area contributed by atoms with Crippen LogP contribution in [0, 0.1) is 0 Å². The number of likely N-dealkylation sites (tertiary alicyclic amines) is 2. The van der Waals surface area contributed by atoms with E-state index in [-0.39, 0.29) is 24.5 Å². The van der Waals surface area contributed by atoms with E-state index in [1.807, 2.05) is 15.2 Å². The second kappa shape index (κ2) is 7.13. The summed E-state index contributed by atoms with van der Waals surface area (Å²) in [7, 11) is 0. The molecule has 0 saturated carbocycles. The molecular weight excluding hydrogens is 298 g/mol. The van der Waals surface area contributed by atoms with Crippen LogP contribution in [0.5, 0.6) is 0 Å². The molecule has 5 nitrogen and oxygen atoms in total. The first-order chi connectivity index (χ1) is 10.8. The molecule has 2 saturated heterocycles. The van der Waals surface area contributed by atoms with Gasteiger partial charge in [-0.15, -0.1) is 0 Å². The zero-order valence-electron chi connectivity index (χ0n) is 12.8. The van der Waals surface area contributed by atoms with Crippen LogP contribution in [0.25, 0.3) is 0 Å². The Morgan fingerprint density at radius 2 is 2.00 bits per heavy atom. The molecule has 0 unspecified atom stereocenters. The van der Waals surface area contributed by atoms with E-state index < -0.39 is 0 Å². The molecule has 1 atom stereocenters. The normalized spacial score (nSPS) is 21.9. The smallest absolute Gasteiger partial charge is 0.318 e. The third kappa shape index (κ3) is 3.43. The average molecular weight is 321 g/mol. The van der Waals surface area contributed by atoms with Crippen molar-refractivity contribution in [1.29, 1.82) is 0 Å². The van der Waals surface area contributed by atoms with Crippen LogP contribution >= 0.6 is 11.3 Å². The summed E-state index contributed by atoms with van der Waals surface area (Å²) in [4.78, 5) is 28.2. The minimum atomic E-state index is -0.112. The van der Waals surface area contributed by atoms with E-state index in [2.05, 4.69) is 16.8 Å². The maximum absolute atomic E-state index is 12.4. The molecule has 0 aromatic carbocycles. The number of urea groups is 1. The summed E-state index contributed by atoms with van der Waals surface area (Å²) in [6, 6.07) is 2.13. The summed E-state index contributed by atoms with van der Waals surface area (Å²) < 4.78 is 0. The molecule has 0 spiro atoms. The Balaban J connectivity index is 1.52.